The third kappa shape index (κ3) is 4.96. The van der Waals surface area contributed by atoms with Crippen LogP contribution >= 0.6 is 11.8 Å². The van der Waals surface area contributed by atoms with E-state index >= 15 is 0 Å². The van der Waals surface area contributed by atoms with Crippen LogP contribution in [0, 0.1) is 6.92 Å². The molecule has 2 aromatic carbocycles. The van der Waals surface area contributed by atoms with E-state index in [1.54, 1.807) is 37.3 Å². The predicted octanol–water partition coefficient (Wildman–Crippen LogP) is 3.66. The molecule has 7 nitrogen and oxygen atoms in total. The summed E-state index contributed by atoms with van der Waals surface area (Å²) in [5.41, 5.74) is 8.30. The Kier molecular flexibility index (Phi) is 6.68. The third-order valence-electron chi connectivity index (χ3n) is 4.39. The van der Waals surface area contributed by atoms with Gasteiger partial charge in [-0.1, -0.05) is 41.6 Å². The first kappa shape index (κ1) is 21.3. The largest absolute Gasteiger partial charge is 0.366 e. The Morgan fingerprint density at radius 3 is 2.60 bits per heavy atom. The summed E-state index contributed by atoms with van der Waals surface area (Å²) in [6.45, 7) is 8.18. The van der Waals surface area contributed by atoms with Crippen LogP contribution in [0.3, 0.4) is 0 Å². The van der Waals surface area contributed by atoms with Crippen molar-refractivity contribution in [1.82, 2.24) is 14.8 Å². The highest BCUT2D eigenvalue weighted by Gasteiger charge is 2.20. The normalized spacial score (nSPS) is 11.7. The van der Waals surface area contributed by atoms with Crippen LogP contribution in [0.25, 0.3) is 11.4 Å². The maximum atomic E-state index is 12.6. The smallest absolute Gasteiger partial charge is 0.248 e. The molecular weight excluding hydrogens is 398 g/mol. The van der Waals surface area contributed by atoms with Gasteiger partial charge in [0, 0.05) is 23.4 Å². The van der Waals surface area contributed by atoms with E-state index in [1.165, 1.54) is 11.8 Å². The number of nitrogens with one attached hydrogen (secondary N) is 1. The quantitative estimate of drug-likeness (QED) is 0.427. The Labute approximate surface area is 179 Å². The molecule has 0 fully saturated rings. The summed E-state index contributed by atoms with van der Waals surface area (Å²) in [5.74, 6) is 0.0376. The van der Waals surface area contributed by atoms with Crippen molar-refractivity contribution in [3.8, 4) is 11.4 Å². The number of amides is 2. The molecule has 1 unspecified atom stereocenters. The summed E-state index contributed by atoms with van der Waals surface area (Å²) in [4.78, 5) is 23.8. The SMILES string of the molecule is C=CCn1c(SC(C)C(=O)Nc2ccc(C(N)=O)cc2)nnc1-c1cccc(C)c1. The van der Waals surface area contributed by atoms with Gasteiger partial charge < -0.3 is 11.1 Å². The second-order valence-corrected chi connectivity index (χ2v) is 8.07. The first-order chi connectivity index (χ1) is 14.4. The molecule has 1 atom stereocenters. The average Bonchev–Trinajstić information content (AvgIpc) is 3.11. The zero-order valence-corrected chi connectivity index (χ0v) is 17.6. The third-order valence-corrected chi connectivity index (χ3v) is 5.47. The zero-order valence-electron chi connectivity index (χ0n) is 16.8. The molecule has 30 heavy (non-hydrogen) atoms. The Bertz CT molecular complexity index is 1080. The van der Waals surface area contributed by atoms with Crippen LogP contribution in [0.4, 0.5) is 5.69 Å². The van der Waals surface area contributed by atoms with Crippen molar-refractivity contribution in [2.24, 2.45) is 5.73 Å². The number of aromatic nitrogens is 3. The lowest BCUT2D eigenvalue weighted by Crippen LogP contribution is -2.23. The van der Waals surface area contributed by atoms with Crippen LogP contribution in [0.15, 0.2) is 66.3 Å². The molecule has 8 heteroatoms. The van der Waals surface area contributed by atoms with Crippen LogP contribution in [0.1, 0.15) is 22.8 Å². The lowest BCUT2D eigenvalue weighted by atomic mass is 10.1. The maximum absolute atomic E-state index is 12.6. The Hall–Kier alpha value is -3.39. The summed E-state index contributed by atoms with van der Waals surface area (Å²) in [6, 6.07) is 14.5. The van der Waals surface area contributed by atoms with E-state index in [2.05, 4.69) is 22.1 Å². The predicted molar refractivity (Wildman–Crippen MR) is 119 cm³/mol. The van der Waals surface area contributed by atoms with Gasteiger partial charge in [-0.25, -0.2) is 0 Å². The number of nitrogens with zero attached hydrogens (tertiary/aromatic N) is 3. The van der Waals surface area contributed by atoms with Crippen LogP contribution in [-0.4, -0.2) is 31.8 Å². The molecule has 0 radical (unpaired) electrons. The first-order valence-electron chi connectivity index (χ1n) is 9.37. The van der Waals surface area contributed by atoms with Gasteiger partial charge in [-0.3, -0.25) is 14.2 Å². The number of allylic oxidation sites excluding steroid dienone is 1. The van der Waals surface area contributed by atoms with Crippen LogP contribution in [0.5, 0.6) is 0 Å². The fourth-order valence-corrected chi connectivity index (χ4v) is 3.70. The number of hydrogen-bond acceptors (Lipinski definition) is 5. The van der Waals surface area contributed by atoms with Gasteiger partial charge in [-0.05, 0) is 44.2 Å². The monoisotopic (exact) mass is 421 g/mol. The van der Waals surface area contributed by atoms with E-state index in [9.17, 15) is 9.59 Å². The highest BCUT2D eigenvalue weighted by Crippen LogP contribution is 2.28. The number of nitrogens with two attached hydrogens (primary N) is 1. The van der Waals surface area contributed by atoms with E-state index in [-0.39, 0.29) is 5.91 Å². The molecule has 0 bridgehead atoms. The van der Waals surface area contributed by atoms with E-state index in [0.29, 0.717) is 23.0 Å². The number of hydrogen-bond donors (Lipinski definition) is 2. The van der Waals surface area contributed by atoms with Gasteiger partial charge in [-0.2, -0.15) is 0 Å². The first-order valence-corrected chi connectivity index (χ1v) is 10.3. The molecule has 2 amide bonds. The van der Waals surface area contributed by atoms with Gasteiger partial charge in [0.05, 0.1) is 5.25 Å². The number of carbonyl (C=O) groups excluding carboxylic acids is 2. The number of aryl methyl sites for hydroxylation is 1. The lowest BCUT2D eigenvalue weighted by molar-refractivity contribution is -0.115. The standard InChI is InChI=1S/C22H23N5O2S/c1-4-12-27-20(17-7-5-6-14(2)13-17)25-26-22(27)30-15(3)21(29)24-18-10-8-16(9-11-18)19(23)28/h4-11,13,15H,1,12H2,2-3H3,(H2,23,28)(H,24,29). The topological polar surface area (TPSA) is 103 Å². The van der Waals surface area contributed by atoms with Crippen LogP contribution < -0.4 is 11.1 Å². The molecule has 0 spiro atoms. The van der Waals surface area contributed by atoms with Crippen molar-refractivity contribution >= 4 is 29.3 Å². The van der Waals surface area contributed by atoms with Gasteiger partial charge in [0.2, 0.25) is 11.8 Å². The Balaban J connectivity index is 1.75. The lowest BCUT2D eigenvalue weighted by Gasteiger charge is -2.13. The van der Waals surface area contributed by atoms with Crippen molar-refractivity contribution < 1.29 is 9.59 Å². The van der Waals surface area contributed by atoms with E-state index < -0.39 is 11.2 Å². The van der Waals surface area contributed by atoms with Crippen molar-refractivity contribution in [3.63, 3.8) is 0 Å². The number of primary amides is 1. The number of benzene rings is 2. The molecule has 3 rings (SSSR count). The number of anilines is 1. The molecule has 0 aliphatic rings. The highest BCUT2D eigenvalue weighted by atomic mass is 32.2. The molecule has 0 aliphatic heterocycles. The second-order valence-electron chi connectivity index (χ2n) is 6.77. The van der Waals surface area contributed by atoms with Gasteiger partial charge in [0.25, 0.3) is 0 Å². The molecule has 0 saturated heterocycles. The van der Waals surface area contributed by atoms with Gasteiger partial charge in [-0.15, -0.1) is 16.8 Å². The Morgan fingerprint density at radius 1 is 1.23 bits per heavy atom. The molecule has 154 valence electrons. The molecule has 0 aliphatic carbocycles. The van der Waals surface area contributed by atoms with Crippen LogP contribution in [-0.2, 0) is 11.3 Å². The number of carbonyl (C=O) groups is 2. The molecule has 0 saturated carbocycles. The minimum atomic E-state index is -0.511. The van der Waals surface area contributed by atoms with Gasteiger partial charge in [0.15, 0.2) is 11.0 Å². The fraction of sp³-hybridized carbons (Fsp3) is 0.182. The second kappa shape index (κ2) is 9.41. The molecule has 3 N–H and O–H groups in total. The summed E-state index contributed by atoms with van der Waals surface area (Å²) in [5, 5.41) is 11.7. The fourth-order valence-electron chi connectivity index (χ4n) is 2.84. The van der Waals surface area contributed by atoms with Crippen LogP contribution in [0.2, 0.25) is 0 Å². The summed E-state index contributed by atoms with van der Waals surface area (Å²) in [7, 11) is 0. The minimum Gasteiger partial charge on any atom is -0.366 e. The summed E-state index contributed by atoms with van der Waals surface area (Å²) >= 11 is 1.32. The number of thioether (sulfide) groups is 1. The van der Waals surface area contributed by atoms with E-state index in [4.69, 9.17) is 5.73 Å². The minimum absolute atomic E-state index is 0.183. The van der Waals surface area contributed by atoms with Gasteiger partial charge >= 0.3 is 0 Å². The van der Waals surface area contributed by atoms with Gasteiger partial charge in [0.1, 0.15) is 0 Å². The van der Waals surface area contributed by atoms with Crippen molar-refractivity contribution in [2.75, 3.05) is 5.32 Å². The molecule has 1 heterocycles. The molecular formula is C22H23N5O2S. The molecule has 1 aromatic heterocycles. The average molecular weight is 422 g/mol. The van der Waals surface area contributed by atoms with Crippen molar-refractivity contribution in [1.29, 1.82) is 0 Å². The maximum Gasteiger partial charge on any atom is 0.248 e. The summed E-state index contributed by atoms with van der Waals surface area (Å²) < 4.78 is 1.94. The Morgan fingerprint density at radius 2 is 1.97 bits per heavy atom. The zero-order chi connectivity index (χ0) is 21.7. The molecule has 3 aromatic rings. The number of rotatable bonds is 8. The highest BCUT2D eigenvalue weighted by molar-refractivity contribution is 8.00. The van der Waals surface area contributed by atoms with Crippen molar-refractivity contribution in [2.45, 2.75) is 30.8 Å². The van der Waals surface area contributed by atoms with E-state index in [0.717, 1.165) is 17.0 Å². The summed E-state index contributed by atoms with van der Waals surface area (Å²) in [6.07, 6.45) is 1.78. The van der Waals surface area contributed by atoms with Crippen molar-refractivity contribution in [3.05, 3.63) is 72.3 Å². The van der Waals surface area contributed by atoms with E-state index in [1.807, 2.05) is 35.8 Å².